The van der Waals surface area contributed by atoms with Gasteiger partial charge in [0.2, 0.25) is 0 Å². The average Bonchev–Trinajstić information content (AvgIpc) is 2.35. The van der Waals surface area contributed by atoms with Gasteiger partial charge in [-0.25, -0.2) is 4.79 Å². The maximum atomic E-state index is 11.8. The molecule has 1 fully saturated rings. The molecule has 0 aromatic heterocycles. The number of rotatable bonds is 5. The Morgan fingerprint density at radius 1 is 1.67 bits per heavy atom. The Morgan fingerprint density at radius 3 is 2.94 bits per heavy atom. The van der Waals surface area contributed by atoms with Crippen molar-refractivity contribution in [1.29, 1.82) is 0 Å². The number of fused-ring (bicyclic) bond motifs is 1. The van der Waals surface area contributed by atoms with Crippen molar-refractivity contribution in [2.45, 2.75) is 18.4 Å². The zero-order chi connectivity index (χ0) is 13.3. The molecule has 1 amide bonds. The predicted molar refractivity (Wildman–Crippen MR) is 71.5 cm³/mol. The number of carboxylic acids is 1. The monoisotopic (exact) mass is 289 g/mol. The van der Waals surface area contributed by atoms with Gasteiger partial charge >= 0.3 is 5.97 Å². The number of hydrogen-bond donors (Lipinski definition) is 1. The minimum Gasteiger partial charge on any atom is -0.477 e. The molecule has 0 bridgehead atoms. The van der Waals surface area contributed by atoms with Crippen LogP contribution in [0.2, 0.25) is 0 Å². The van der Waals surface area contributed by atoms with Gasteiger partial charge < -0.3 is 9.84 Å². The molecular weight excluding hydrogens is 274 g/mol. The lowest BCUT2D eigenvalue weighted by molar-refractivity contribution is -0.162. The van der Waals surface area contributed by atoms with Gasteiger partial charge in [-0.2, -0.15) is 11.8 Å². The molecule has 2 aliphatic rings. The third kappa shape index (κ3) is 2.15. The molecule has 0 unspecified atom stereocenters. The number of carbonyl (C=O) groups is 2. The topological polar surface area (TPSA) is 66.8 Å². The van der Waals surface area contributed by atoms with Gasteiger partial charge in [-0.1, -0.05) is 6.92 Å². The Kier molecular flexibility index (Phi) is 4.24. The van der Waals surface area contributed by atoms with Crippen molar-refractivity contribution in [3.8, 4) is 0 Å². The largest absolute Gasteiger partial charge is 0.477 e. The number of carboxylic acid groups (broad SMARTS) is 1. The first-order valence-corrected chi connectivity index (χ1v) is 7.82. The number of hydrogen-bond acceptors (Lipinski definition) is 5. The Balaban J connectivity index is 2.25. The number of β-lactam (4-membered cyclic amide) rings is 1. The van der Waals surface area contributed by atoms with Gasteiger partial charge in [-0.05, 0) is 11.3 Å². The van der Waals surface area contributed by atoms with E-state index >= 15 is 0 Å². The van der Waals surface area contributed by atoms with E-state index in [0.717, 1.165) is 11.3 Å². The zero-order valence-electron chi connectivity index (χ0n) is 10.2. The number of ether oxygens (including phenoxy) is 1. The van der Waals surface area contributed by atoms with Gasteiger partial charge in [0, 0.05) is 18.6 Å². The molecule has 2 rings (SSSR count). The van der Waals surface area contributed by atoms with Crippen LogP contribution in [0.5, 0.6) is 0 Å². The number of methoxy groups -OCH3 is 1. The molecule has 100 valence electrons. The van der Waals surface area contributed by atoms with Gasteiger partial charge in [-0.15, -0.1) is 11.8 Å². The number of amides is 1. The van der Waals surface area contributed by atoms with Crippen molar-refractivity contribution in [1.82, 2.24) is 4.90 Å². The van der Waals surface area contributed by atoms with Crippen LogP contribution in [-0.2, 0) is 14.3 Å². The van der Waals surface area contributed by atoms with E-state index in [-0.39, 0.29) is 17.0 Å². The molecule has 2 atom stereocenters. The highest BCUT2D eigenvalue weighted by Crippen LogP contribution is 2.41. The van der Waals surface area contributed by atoms with Crippen LogP contribution in [0, 0.1) is 0 Å². The van der Waals surface area contributed by atoms with Crippen LogP contribution in [0.3, 0.4) is 0 Å². The van der Waals surface area contributed by atoms with Crippen molar-refractivity contribution in [2.24, 2.45) is 0 Å². The lowest BCUT2D eigenvalue weighted by Gasteiger charge is -2.48. The van der Waals surface area contributed by atoms with E-state index in [0.29, 0.717) is 11.5 Å². The van der Waals surface area contributed by atoms with Crippen molar-refractivity contribution in [2.75, 3.05) is 24.4 Å². The summed E-state index contributed by atoms with van der Waals surface area (Å²) in [7, 11) is 1.48. The van der Waals surface area contributed by atoms with E-state index in [9.17, 15) is 14.7 Å². The molecule has 0 saturated carbocycles. The molecule has 7 heteroatoms. The highest BCUT2D eigenvalue weighted by Gasteiger charge is 2.53. The van der Waals surface area contributed by atoms with Crippen LogP contribution in [0.4, 0.5) is 0 Å². The molecule has 2 heterocycles. The molecule has 0 aromatic rings. The number of aliphatic carboxylic acids is 1. The lowest BCUT2D eigenvalue weighted by Crippen LogP contribution is -2.65. The van der Waals surface area contributed by atoms with Crippen LogP contribution < -0.4 is 0 Å². The van der Waals surface area contributed by atoms with Gasteiger partial charge in [0.25, 0.3) is 5.91 Å². The summed E-state index contributed by atoms with van der Waals surface area (Å²) in [6.07, 6.45) is -0.496. The van der Waals surface area contributed by atoms with Crippen molar-refractivity contribution < 1.29 is 19.4 Å². The smallest absolute Gasteiger partial charge is 0.352 e. The number of nitrogens with zero attached hydrogens (tertiary/aromatic N) is 1. The highest BCUT2D eigenvalue weighted by molar-refractivity contribution is 8.01. The SMILES string of the molecule is CCSCC1=C(C(=O)O)N2C(=O)[C@H](OC)[C@H]2SC1. The summed E-state index contributed by atoms with van der Waals surface area (Å²) < 4.78 is 5.08. The minimum atomic E-state index is -1.02. The molecule has 0 radical (unpaired) electrons. The molecule has 1 N–H and O–H groups in total. The van der Waals surface area contributed by atoms with E-state index in [4.69, 9.17) is 4.74 Å². The zero-order valence-corrected chi connectivity index (χ0v) is 11.8. The fraction of sp³-hybridized carbons (Fsp3) is 0.636. The van der Waals surface area contributed by atoms with Crippen molar-refractivity contribution >= 4 is 35.4 Å². The Labute approximate surface area is 114 Å². The van der Waals surface area contributed by atoms with Crippen LogP contribution >= 0.6 is 23.5 Å². The summed E-state index contributed by atoms with van der Waals surface area (Å²) in [4.78, 5) is 24.6. The van der Waals surface area contributed by atoms with E-state index in [1.54, 1.807) is 23.5 Å². The maximum Gasteiger partial charge on any atom is 0.352 e. The fourth-order valence-electron chi connectivity index (χ4n) is 2.07. The predicted octanol–water partition coefficient (Wildman–Crippen LogP) is 1.01. The first-order chi connectivity index (χ1) is 8.61. The van der Waals surface area contributed by atoms with E-state index in [2.05, 4.69) is 0 Å². The van der Waals surface area contributed by atoms with Gasteiger partial charge in [0.15, 0.2) is 6.10 Å². The number of thioether (sulfide) groups is 2. The molecule has 2 aliphatic heterocycles. The van der Waals surface area contributed by atoms with Gasteiger partial charge in [0.1, 0.15) is 11.1 Å². The van der Waals surface area contributed by atoms with Crippen LogP contribution in [-0.4, -0.2) is 57.7 Å². The minimum absolute atomic E-state index is 0.165. The lowest BCUT2D eigenvalue weighted by atomic mass is 10.1. The van der Waals surface area contributed by atoms with Crippen LogP contribution in [0.15, 0.2) is 11.3 Å². The second-order valence-electron chi connectivity index (χ2n) is 3.96. The number of carbonyl (C=O) groups excluding carboxylic acids is 1. The summed E-state index contributed by atoms with van der Waals surface area (Å²) in [5.74, 6) is 0.988. The summed E-state index contributed by atoms with van der Waals surface area (Å²) in [5, 5.41) is 9.12. The van der Waals surface area contributed by atoms with Gasteiger partial charge in [0.05, 0.1) is 0 Å². The van der Waals surface area contributed by atoms with E-state index in [1.807, 2.05) is 6.92 Å². The van der Waals surface area contributed by atoms with Crippen LogP contribution in [0.25, 0.3) is 0 Å². The third-order valence-electron chi connectivity index (χ3n) is 2.94. The molecular formula is C11H15NO4S2. The van der Waals surface area contributed by atoms with E-state index < -0.39 is 12.1 Å². The standard InChI is InChI=1S/C11H15NO4S2/c1-3-17-4-6-5-18-10-8(16-2)9(13)12(10)7(6)11(14)15/h8,10H,3-5H2,1-2H3,(H,14,15)/t8-,10+/m0/s1. The fourth-order valence-corrected chi connectivity index (χ4v) is 4.26. The molecule has 1 saturated heterocycles. The summed E-state index contributed by atoms with van der Waals surface area (Å²) in [6.45, 7) is 2.03. The van der Waals surface area contributed by atoms with Crippen LogP contribution in [0.1, 0.15) is 6.92 Å². The Bertz CT molecular complexity index is 410. The second-order valence-corrected chi connectivity index (χ2v) is 6.34. The van der Waals surface area contributed by atoms with Gasteiger partial charge in [-0.3, -0.25) is 9.69 Å². The summed E-state index contributed by atoms with van der Waals surface area (Å²) in [6, 6.07) is 0. The highest BCUT2D eigenvalue weighted by atomic mass is 32.2. The summed E-state index contributed by atoms with van der Waals surface area (Å²) >= 11 is 3.24. The molecule has 0 spiro atoms. The maximum absolute atomic E-state index is 11.8. The Hall–Kier alpha value is -0.660. The average molecular weight is 289 g/mol. The normalized spacial score (nSPS) is 27.0. The second kappa shape index (κ2) is 5.54. The van der Waals surface area contributed by atoms with E-state index in [1.165, 1.54) is 12.0 Å². The molecule has 18 heavy (non-hydrogen) atoms. The quantitative estimate of drug-likeness (QED) is 0.762. The molecule has 0 aromatic carbocycles. The first kappa shape index (κ1) is 13.8. The first-order valence-electron chi connectivity index (χ1n) is 5.62. The molecule has 5 nitrogen and oxygen atoms in total. The summed E-state index contributed by atoms with van der Waals surface area (Å²) in [5.41, 5.74) is 0.997. The third-order valence-corrected chi connectivity index (χ3v) is 5.21. The van der Waals surface area contributed by atoms with Crippen molar-refractivity contribution in [3.63, 3.8) is 0 Å². The van der Waals surface area contributed by atoms with Crippen molar-refractivity contribution in [3.05, 3.63) is 11.3 Å². The molecule has 0 aliphatic carbocycles. The Morgan fingerprint density at radius 2 is 2.39 bits per heavy atom.